The summed E-state index contributed by atoms with van der Waals surface area (Å²) in [5, 5.41) is 0. The second kappa shape index (κ2) is 4.73. The van der Waals surface area contributed by atoms with Crippen LogP contribution in [0.5, 0.6) is 0 Å². The van der Waals surface area contributed by atoms with Gasteiger partial charge in [0.25, 0.3) is 0 Å². The van der Waals surface area contributed by atoms with E-state index in [1.54, 1.807) is 0 Å². The smallest absolute Gasteiger partial charge is 0.0514 e. The van der Waals surface area contributed by atoms with Gasteiger partial charge in [0.15, 0.2) is 0 Å². The van der Waals surface area contributed by atoms with Crippen LogP contribution in [0, 0.1) is 5.41 Å². The Morgan fingerprint density at radius 3 is 2.27 bits per heavy atom. The zero-order chi connectivity index (χ0) is 8.91. The van der Waals surface area contributed by atoms with Crippen molar-refractivity contribution >= 4 is 0 Å². The fraction of sp³-hybridized carbons (Fsp3) is 1.00. The predicted molar refractivity (Wildman–Crippen MR) is 48.5 cm³/mol. The first-order valence-electron chi connectivity index (χ1n) is 4.25. The van der Waals surface area contributed by atoms with Gasteiger partial charge in [0.2, 0.25) is 0 Å². The van der Waals surface area contributed by atoms with Crippen LogP contribution in [0.2, 0.25) is 0 Å². The van der Waals surface area contributed by atoms with Crippen molar-refractivity contribution in [3.8, 4) is 0 Å². The maximum absolute atomic E-state index is 5.56. The van der Waals surface area contributed by atoms with Gasteiger partial charge < -0.3 is 10.5 Å². The molecule has 0 aromatic carbocycles. The van der Waals surface area contributed by atoms with E-state index in [1.165, 1.54) is 0 Å². The molecule has 0 amide bonds. The molecular formula is C9H21NO. The Kier molecular flexibility index (Phi) is 4.69. The molecule has 11 heavy (non-hydrogen) atoms. The van der Waals surface area contributed by atoms with Gasteiger partial charge in [-0.25, -0.2) is 0 Å². The molecule has 0 aromatic heterocycles. The Labute approximate surface area is 70.1 Å². The van der Waals surface area contributed by atoms with E-state index >= 15 is 0 Å². The highest BCUT2D eigenvalue weighted by Gasteiger charge is 2.09. The van der Waals surface area contributed by atoms with E-state index in [9.17, 15) is 0 Å². The number of hydrogen-bond donors (Lipinski definition) is 1. The normalized spacial score (nSPS) is 15.0. The third-order valence-corrected chi connectivity index (χ3v) is 1.25. The Balaban J connectivity index is 3.15. The molecule has 0 fully saturated rings. The summed E-state index contributed by atoms with van der Waals surface area (Å²) >= 11 is 0. The quantitative estimate of drug-likeness (QED) is 0.635. The van der Waals surface area contributed by atoms with E-state index in [2.05, 4.69) is 20.8 Å². The van der Waals surface area contributed by atoms with Crippen molar-refractivity contribution in [2.24, 2.45) is 11.1 Å². The molecule has 0 saturated carbocycles. The van der Waals surface area contributed by atoms with Crippen molar-refractivity contribution in [1.29, 1.82) is 0 Å². The van der Waals surface area contributed by atoms with E-state index in [4.69, 9.17) is 10.5 Å². The van der Waals surface area contributed by atoms with Gasteiger partial charge in [-0.15, -0.1) is 0 Å². The summed E-state index contributed by atoms with van der Waals surface area (Å²) in [6, 6.07) is 0.259. The summed E-state index contributed by atoms with van der Waals surface area (Å²) < 4.78 is 5.43. The molecule has 0 aromatic rings. The lowest BCUT2D eigenvalue weighted by molar-refractivity contribution is 0.0676. The van der Waals surface area contributed by atoms with Gasteiger partial charge in [-0.2, -0.15) is 0 Å². The highest BCUT2D eigenvalue weighted by molar-refractivity contribution is 4.59. The minimum Gasteiger partial charge on any atom is -0.381 e. The van der Waals surface area contributed by atoms with Crippen LogP contribution in [0.25, 0.3) is 0 Å². The minimum atomic E-state index is 0.259. The molecule has 2 nitrogen and oxygen atoms in total. The SMILES string of the molecule is CC(N)CCOCC(C)(C)C. The van der Waals surface area contributed by atoms with Crippen LogP contribution in [0.1, 0.15) is 34.1 Å². The molecule has 0 aliphatic heterocycles. The second-order valence-electron chi connectivity index (χ2n) is 4.38. The van der Waals surface area contributed by atoms with E-state index in [1.807, 2.05) is 6.92 Å². The fourth-order valence-electron chi connectivity index (χ4n) is 0.648. The van der Waals surface area contributed by atoms with Crippen LogP contribution in [0.3, 0.4) is 0 Å². The van der Waals surface area contributed by atoms with Crippen LogP contribution in [-0.4, -0.2) is 19.3 Å². The van der Waals surface area contributed by atoms with Gasteiger partial charge in [-0.3, -0.25) is 0 Å². The lowest BCUT2D eigenvalue weighted by Gasteiger charge is -2.18. The minimum absolute atomic E-state index is 0.259. The molecule has 0 aliphatic rings. The Morgan fingerprint density at radius 1 is 1.36 bits per heavy atom. The van der Waals surface area contributed by atoms with E-state index in [-0.39, 0.29) is 11.5 Å². The third kappa shape index (κ3) is 9.92. The molecule has 0 heterocycles. The summed E-state index contributed by atoms with van der Waals surface area (Å²) in [5.41, 5.74) is 5.84. The highest BCUT2D eigenvalue weighted by atomic mass is 16.5. The molecule has 0 rings (SSSR count). The maximum Gasteiger partial charge on any atom is 0.0514 e. The van der Waals surface area contributed by atoms with Crippen LogP contribution in [0.4, 0.5) is 0 Å². The van der Waals surface area contributed by atoms with Crippen LogP contribution in [0.15, 0.2) is 0 Å². The molecule has 0 saturated heterocycles. The molecule has 0 bridgehead atoms. The van der Waals surface area contributed by atoms with E-state index < -0.39 is 0 Å². The maximum atomic E-state index is 5.56. The van der Waals surface area contributed by atoms with Gasteiger partial charge >= 0.3 is 0 Å². The first-order valence-corrected chi connectivity index (χ1v) is 4.25. The average molecular weight is 159 g/mol. The second-order valence-corrected chi connectivity index (χ2v) is 4.38. The Hall–Kier alpha value is -0.0800. The van der Waals surface area contributed by atoms with Gasteiger partial charge in [0, 0.05) is 12.6 Å². The fourth-order valence-corrected chi connectivity index (χ4v) is 0.648. The third-order valence-electron chi connectivity index (χ3n) is 1.25. The van der Waals surface area contributed by atoms with Gasteiger partial charge in [0.1, 0.15) is 0 Å². The van der Waals surface area contributed by atoms with Crippen LogP contribution >= 0.6 is 0 Å². The molecular weight excluding hydrogens is 138 g/mol. The monoisotopic (exact) mass is 159 g/mol. The zero-order valence-electron chi connectivity index (χ0n) is 8.18. The van der Waals surface area contributed by atoms with Crippen molar-refractivity contribution in [3.63, 3.8) is 0 Å². The molecule has 2 N–H and O–H groups in total. The summed E-state index contributed by atoms with van der Waals surface area (Å²) in [6.07, 6.45) is 0.954. The molecule has 0 spiro atoms. The lowest BCUT2D eigenvalue weighted by Crippen LogP contribution is -2.20. The number of ether oxygens (including phenoxy) is 1. The highest BCUT2D eigenvalue weighted by Crippen LogP contribution is 2.12. The predicted octanol–water partition coefficient (Wildman–Crippen LogP) is 1.79. The Morgan fingerprint density at radius 2 is 1.91 bits per heavy atom. The summed E-state index contributed by atoms with van der Waals surface area (Å²) in [7, 11) is 0. The van der Waals surface area contributed by atoms with Gasteiger partial charge in [-0.1, -0.05) is 20.8 Å². The summed E-state index contributed by atoms with van der Waals surface area (Å²) in [5.74, 6) is 0. The van der Waals surface area contributed by atoms with Crippen molar-refractivity contribution in [2.45, 2.75) is 40.2 Å². The lowest BCUT2D eigenvalue weighted by atomic mass is 9.99. The van der Waals surface area contributed by atoms with Crippen LogP contribution < -0.4 is 5.73 Å². The topological polar surface area (TPSA) is 35.2 Å². The molecule has 1 atom stereocenters. The van der Waals surface area contributed by atoms with Gasteiger partial charge in [0.05, 0.1) is 6.61 Å². The Bertz CT molecular complexity index is 94.2. The molecule has 0 radical (unpaired) electrons. The molecule has 0 aliphatic carbocycles. The first kappa shape index (κ1) is 10.9. The summed E-state index contributed by atoms with van der Waals surface area (Å²) in [4.78, 5) is 0. The van der Waals surface area contributed by atoms with Crippen molar-refractivity contribution in [2.75, 3.05) is 13.2 Å². The number of rotatable bonds is 4. The van der Waals surface area contributed by atoms with Crippen molar-refractivity contribution in [3.05, 3.63) is 0 Å². The molecule has 2 heteroatoms. The van der Waals surface area contributed by atoms with E-state index in [0.717, 1.165) is 19.6 Å². The first-order chi connectivity index (χ1) is 4.92. The van der Waals surface area contributed by atoms with E-state index in [0.29, 0.717) is 0 Å². The summed E-state index contributed by atoms with van der Waals surface area (Å²) in [6.45, 7) is 10.1. The average Bonchev–Trinajstić information content (AvgIpc) is 1.78. The van der Waals surface area contributed by atoms with Crippen molar-refractivity contribution in [1.82, 2.24) is 0 Å². The largest absolute Gasteiger partial charge is 0.381 e. The zero-order valence-corrected chi connectivity index (χ0v) is 8.18. The molecule has 1 unspecified atom stereocenters. The van der Waals surface area contributed by atoms with Gasteiger partial charge in [-0.05, 0) is 18.8 Å². The standard InChI is InChI=1S/C9H21NO/c1-8(10)5-6-11-7-9(2,3)4/h8H,5-7,10H2,1-4H3. The number of nitrogens with two attached hydrogens (primary N) is 1. The van der Waals surface area contributed by atoms with Crippen molar-refractivity contribution < 1.29 is 4.74 Å². The molecule has 68 valence electrons. The van der Waals surface area contributed by atoms with Crippen LogP contribution in [-0.2, 0) is 4.74 Å². The number of hydrogen-bond acceptors (Lipinski definition) is 2.